The number of hydrogen-bond donors (Lipinski definition) is 2. The van der Waals surface area contributed by atoms with Gasteiger partial charge in [0.1, 0.15) is 0 Å². The van der Waals surface area contributed by atoms with Gasteiger partial charge < -0.3 is 16.0 Å². The van der Waals surface area contributed by atoms with Gasteiger partial charge in [0.15, 0.2) is 0 Å². The third-order valence-electron chi connectivity index (χ3n) is 2.18. The van der Waals surface area contributed by atoms with Crippen molar-refractivity contribution in [2.75, 3.05) is 20.1 Å². The Balaban J connectivity index is 4.37. The lowest BCUT2D eigenvalue weighted by Crippen LogP contribution is -2.43. The molecule has 0 aromatic carbocycles. The second kappa shape index (κ2) is 7.16. The molecule has 0 aliphatic heterocycles. The van der Waals surface area contributed by atoms with E-state index in [-0.39, 0.29) is 23.3 Å². The molecular weight excluding hydrogens is 226 g/mol. The third-order valence-corrected chi connectivity index (χ3v) is 2.47. The second-order valence-electron chi connectivity index (χ2n) is 3.51. The zero-order chi connectivity index (χ0) is 12.7. The molecule has 0 bridgehead atoms. The Morgan fingerprint density at radius 3 is 2.38 bits per heavy atom. The van der Waals surface area contributed by atoms with Gasteiger partial charge in [-0.3, -0.25) is 9.59 Å². The maximum atomic E-state index is 11.8. The maximum Gasteiger partial charge on any atom is 0.239 e. The van der Waals surface area contributed by atoms with Crippen LogP contribution in [-0.4, -0.2) is 41.8 Å². The molecule has 16 heavy (non-hydrogen) atoms. The SMILES string of the molecule is CCNC(=O)CN(C)C(=O)C(CC)C(N)=S. The van der Waals surface area contributed by atoms with Gasteiger partial charge in [-0.2, -0.15) is 0 Å². The van der Waals surface area contributed by atoms with E-state index in [9.17, 15) is 9.59 Å². The summed E-state index contributed by atoms with van der Waals surface area (Å²) in [6.45, 7) is 4.24. The Bertz CT molecular complexity index is 281. The smallest absolute Gasteiger partial charge is 0.239 e. The van der Waals surface area contributed by atoms with Gasteiger partial charge in [-0.05, 0) is 13.3 Å². The Labute approximate surface area is 101 Å². The van der Waals surface area contributed by atoms with Crippen LogP contribution in [0.4, 0.5) is 0 Å². The van der Waals surface area contributed by atoms with Crippen LogP contribution >= 0.6 is 12.2 Å². The number of likely N-dealkylation sites (N-methyl/N-ethyl adjacent to an activating group) is 2. The van der Waals surface area contributed by atoms with Gasteiger partial charge in [-0.25, -0.2) is 0 Å². The molecule has 1 unspecified atom stereocenters. The number of rotatable bonds is 6. The lowest BCUT2D eigenvalue weighted by Gasteiger charge is -2.21. The molecule has 0 aromatic heterocycles. The number of thiocarbonyl (C=S) groups is 1. The van der Waals surface area contributed by atoms with Crippen LogP contribution in [0.2, 0.25) is 0 Å². The zero-order valence-corrected chi connectivity index (χ0v) is 10.8. The summed E-state index contributed by atoms with van der Waals surface area (Å²) in [5.41, 5.74) is 5.46. The lowest BCUT2D eigenvalue weighted by atomic mass is 10.1. The van der Waals surface area contributed by atoms with Crippen molar-refractivity contribution in [2.45, 2.75) is 20.3 Å². The minimum Gasteiger partial charge on any atom is -0.393 e. The van der Waals surface area contributed by atoms with Crippen molar-refractivity contribution in [1.29, 1.82) is 0 Å². The van der Waals surface area contributed by atoms with Gasteiger partial charge in [-0.1, -0.05) is 19.1 Å². The van der Waals surface area contributed by atoms with E-state index >= 15 is 0 Å². The van der Waals surface area contributed by atoms with Crippen LogP contribution in [0.25, 0.3) is 0 Å². The Kier molecular flexibility index (Phi) is 6.64. The number of hydrogen-bond acceptors (Lipinski definition) is 3. The van der Waals surface area contributed by atoms with Crippen LogP contribution in [0.1, 0.15) is 20.3 Å². The topological polar surface area (TPSA) is 75.4 Å². The number of carbonyl (C=O) groups excluding carboxylic acids is 2. The van der Waals surface area contributed by atoms with Crippen LogP contribution in [0.5, 0.6) is 0 Å². The average Bonchev–Trinajstić information content (AvgIpc) is 2.18. The largest absolute Gasteiger partial charge is 0.393 e. The zero-order valence-electron chi connectivity index (χ0n) is 9.95. The van der Waals surface area contributed by atoms with Crippen molar-refractivity contribution >= 4 is 29.0 Å². The lowest BCUT2D eigenvalue weighted by molar-refractivity contribution is -0.136. The predicted molar refractivity (Wildman–Crippen MR) is 66.9 cm³/mol. The van der Waals surface area contributed by atoms with Gasteiger partial charge in [0.2, 0.25) is 11.8 Å². The van der Waals surface area contributed by atoms with Crippen LogP contribution in [0, 0.1) is 5.92 Å². The van der Waals surface area contributed by atoms with E-state index in [1.165, 1.54) is 4.90 Å². The third kappa shape index (κ3) is 4.57. The first-order chi connectivity index (χ1) is 7.43. The summed E-state index contributed by atoms with van der Waals surface area (Å²) in [4.78, 5) is 24.6. The fourth-order valence-electron chi connectivity index (χ4n) is 1.31. The molecule has 3 N–H and O–H groups in total. The molecule has 1 atom stereocenters. The number of nitrogens with zero attached hydrogens (tertiary/aromatic N) is 1. The van der Waals surface area contributed by atoms with E-state index in [0.29, 0.717) is 13.0 Å². The Morgan fingerprint density at radius 2 is 2.00 bits per heavy atom. The molecular formula is C10H19N3O2S. The summed E-state index contributed by atoms with van der Waals surface area (Å²) < 4.78 is 0. The quantitative estimate of drug-likeness (QED) is 0.640. The van der Waals surface area contributed by atoms with E-state index in [1.807, 2.05) is 13.8 Å². The van der Waals surface area contributed by atoms with Gasteiger partial charge in [0.05, 0.1) is 17.5 Å². The van der Waals surface area contributed by atoms with Crippen LogP contribution < -0.4 is 11.1 Å². The molecule has 0 rings (SSSR count). The molecule has 0 fully saturated rings. The van der Waals surface area contributed by atoms with Gasteiger partial charge in [0.25, 0.3) is 0 Å². The molecule has 0 saturated heterocycles. The van der Waals surface area contributed by atoms with Gasteiger partial charge >= 0.3 is 0 Å². The van der Waals surface area contributed by atoms with Crippen molar-refractivity contribution < 1.29 is 9.59 Å². The first-order valence-corrected chi connectivity index (χ1v) is 5.65. The van der Waals surface area contributed by atoms with Crippen molar-refractivity contribution in [1.82, 2.24) is 10.2 Å². The standard InChI is InChI=1S/C10H19N3O2S/c1-4-7(9(11)16)10(15)13(3)6-8(14)12-5-2/h7H,4-6H2,1-3H3,(H2,11,16)(H,12,14). The van der Waals surface area contributed by atoms with Crippen LogP contribution in [-0.2, 0) is 9.59 Å². The van der Waals surface area contributed by atoms with Crippen molar-refractivity contribution in [2.24, 2.45) is 11.7 Å². The average molecular weight is 245 g/mol. The highest BCUT2D eigenvalue weighted by Gasteiger charge is 2.23. The van der Waals surface area contributed by atoms with Crippen molar-refractivity contribution in [3.8, 4) is 0 Å². The molecule has 0 aliphatic rings. The maximum absolute atomic E-state index is 11.8. The number of amides is 2. The second-order valence-corrected chi connectivity index (χ2v) is 3.98. The molecule has 92 valence electrons. The fourth-order valence-corrected chi connectivity index (χ4v) is 1.58. The predicted octanol–water partition coefficient (Wildman–Crippen LogP) is -0.107. The van der Waals surface area contributed by atoms with E-state index in [1.54, 1.807) is 7.05 Å². The first-order valence-electron chi connectivity index (χ1n) is 5.25. The fraction of sp³-hybridized carbons (Fsp3) is 0.700. The van der Waals surface area contributed by atoms with E-state index in [2.05, 4.69) is 5.32 Å². The van der Waals surface area contributed by atoms with Crippen LogP contribution in [0.3, 0.4) is 0 Å². The summed E-state index contributed by atoms with van der Waals surface area (Å²) >= 11 is 4.81. The summed E-state index contributed by atoms with van der Waals surface area (Å²) in [5, 5.41) is 2.62. The molecule has 0 radical (unpaired) electrons. The molecule has 0 heterocycles. The van der Waals surface area contributed by atoms with Gasteiger partial charge in [-0.15, -0.1) is 0 Å². The first kappa shape index (κ1) is 14.8. The summed E-state index contributed by atoms with van der Waals surface area (Å²) in [5.74, 6) is -0.869. The molecule has 0 saturated carbocycles. The molecule has 2 amide bonds. The minimum absolute atomic E-state index is 0.0335. The van der Waals surface area contributed by atoms with Crippen molar-refractivity contribution in [3.63, 3.8) is 0 Å². The minimum atomic E-state index is -0.477. The number of carbonyl (C=O) groups is 2. The summed E-state index contributed by atoms with van der Waals surface area (Å²) in [6, 6.07) is 0. The van der Waals surface area contributed by atoms with Crippen LogP contribution in [0.15, 0.2) is 0 Å². The highest BCUT2D eigenvalue weighted by atomic mass is 32.1. The summed E-state index contributed by atoms with van der Waals surface area (Å²) in [6.07, 6.45) is 0.550. The number of nitrogens with two attached hydrogens (primary N) is 1. The highest BCUT2D eigenvalue weighted by Crippen LogP contribution is 2.06. The molecule has 0 aliphatic carbocycles. The van der Waals surface area contributed by atoms with E-state index in [4.69, 9.17) is 18.0 Å². The molecule has 0 aromatic rings. The summed E-state index contributed by atoms with van der Waals surface area (Å²) in [7, 11) is 1.57. The van der Waals surface area contributed by atoms with Gasteiger partial charge in [0, 0.05) is 13.6 Å². The normalized spacial score (nSPS) is 11.7. The highest BCUT2D eigenvalue weighted by molar-refractivity contribution is 7.80. The Morgan fingerprint density at radius 1 is 1.44 bits per heavy atom. The monoisotopic (exact) mass is 245 g/mol. The van der Waals surface area contributed by atoms with E-state index in [0.717, 1.165) is 0 Å². The van der Waals surface area contributed by atoms with E-state index < -0.39 is 5.92 Å². The molecule has 0 spiro atoms. The number of nitrogens with one attached hydrogen (secondary N) is 1. The Hall–Kier alpha value is -1.17. The molecule has 6 heteroatoms. The molecule has 5 nitrogen and oxygen atoms in total. The van der Waals surface area contributed by atoms with Crippen molar-refractivity contribution in [3.05, 3.63) is 0 Å².